The highest BCUT2D eigenvalue weighted by Gasteiger charge is 2.49. The lowest BCUT2D eigenvalue weighted by atomic mass is 9.81. The number of hydrogen-bond acceptors (Lipinski definition) is 6. The van der Waals surface area contributed by atoms with Crippen molar-refractivity contribution in [3.05, 3.63) is 45.0 Å². The van der Waals surface area contributed by atoms with Gasteiger partial charge in [0.1, 0.15) is 16.9 Å². The molecule has 32 heavy (non-hydrogen) atoms. The van der Waals surface area contributed by atoms with Crippen LogP contribution in [0.4, 0.5) is 20.2 Å². The number of likely N-dealkylation sites (tertiary alicyclic amines) is 1. The Morgan fingerprint density at radius 1 is 1.25 bits per heavy atom. The smallest absolute Gasteiger partial charge is 0.256 e. The van der Waals surface area contributed by atoms with E-state index in [2.05, 4.69) is 26.0 Å². The quantitative estimate of drug-likeness (QED) is 0.370. The van der Waals surface area contributed by atoms with Crippen LogP contribution in [-0.4, -0.2) is 62.6 Å². The highest BCUT2D eigenvalue weighted by atomic mass is 127. The SMILES string of the molecule is O=C(c1cc2n[nH]nc2c(F)c1Nc1ccc(I)cc1F)N1CC(O)([C@@H]2CCCCN2)C1. The Morgan fingerprint density at radius 3 is 2.78 bits per heavy atom. The number of aliphatic hydroxyl groups is 1. The van der Waals surface area contributed by atoms with E-state index in [-0.39, 0.29) is 47.1 Å². The third-order valence-corrected chi connectivity index (χ3v) is 6.82. The van der Waals surface area contributed by atoms with Gasteiger partial charge in [0.15, 0.2) is 11.3 Å². The zero-order chi connectivity index (χ0) is 22.5. The number of hydrogen-bond donors (Lipinski definition) is 4. The molecule has 2 fully saturated rings. The van der Waals surface area contributed by atoms with Gasteiger partial charge in [-0.1, -0.05) is 6.42 Å². The van der Waals surface area contributed by atoms with Crippen LogP contribution in [0.3, 0.4) is 0 Å². The van der Waals surface area contributed by atoms with E-state index in [1.807, 2.05) is 22.6 Å². The van der Waals surface area contributed by atoms with Gasteiger partial charge in [0.05, 0.1) is 30.0 Å². The molecule has 3 heterocycles. The maximum Gasteiger partial charge on any atom is 0.256 e. The van der Waals surface area contributed by atoms with E-state index in [9.17, 15) is 14.3 Å². The van der Waals surface area contributed by atoms with Crippen LogP contribution in [0.1, 0.15) is 29.6 Å². The maximum atomic E-state index is 15.3. The molecule has 0 bridgehead atoms. The second kappa shape index (κ2) is 8.19. The molecule has 0 unspecified atom stereocenters. The number of aromatic nitrogens is 3. The monoisotopic (exact) mass is 554 g/mol. The molecule has 0 saturated carbocycles. The number of nitrogens with one attached hydrogen (secondary N) is 3. The average Bonchev–Trinajstić information content (AvgIpc) is 3.24. The average molecular weight is 554 g/mol. The second-order valence-electron chi connectivity index (χ2n) is 8.32. The lowest BCUT2D eigenvalue weighted by Gasteiger charge is -2.51. The van der Waals surface area contributed by atoms with Gasteiger partial charge in [-0.05, 0) is 66.2 Å². The topological polar surface area (TPSA) is 106 Å². The summed E-state index contributed by atoms with van der Waals surface area (Å²) in [5.74, 6) is -1.85. The van der Waals surface area contributed by atoms with Crippen molar-refractivity contribution in [3.8, 4) is 0 Å². The van der Waals surface area contributed by atoms with E-state index in [0.29, 0.717) is 3.57 Å². The molecule has 2 aromatic carbocycles. The molecular weight excluding hydrogens is 533 g/mol. The summed E-state index contributed by atoms with van der Waals surface area (Å²) >= 11 is 1.98. The number of H-pyrrole nitrogens is 1. The summed E-state index contributed by atoms with van der Waals surface area (Å²) in [5.41, 5.74) is -1.02. The molecular formula is C21H21F2IN6O2. The molecule has 0 aliphatic carbocycles. The van der Waals surface area contributed by atoms with Crippen molar-refractivity contribution in [2.45, 2.75) is 30.9 Å². The fourth-order valence-corrected chi connectivity index (χ4v) is 4.88. The Labute approximate surface area is 195 Å². The van der Waals surface area contributed by atoms with Crippen molar-refractivity contribution in [3.63, 3.8) is 0 Å². The predicted molar refractivity (Wildman–Crippen MR) is 123 cm³/mol. The lowest BCUT2D eigenvalue weighted by molar-refractivity contribution is -0.108. The Hall–Kier alpha value is -2.38. The number of amides is 1. The first-order valence-corrected chi connectivity index (χ1v) is 11.4. The van der Waals surface area contributed by atoms with Crippen molar-refractivity contribution in [2.75, 3.05) is 25.0 Å². The molecule has 1 atom stereocenters. The zero-order valence-corrected chi connectivity index (χ0v) is 19.1. The van der Waals surface area contributed by atoms with Crippen LogP contribution in [0, 0.1) is 15.2 Å². The van der Waals surface area contributed by atoms with E-state index in [4.69, 9.17) is 0 Å². The van der Waals surface area contributed by atoms with E-state index in [1.165, 1.54) is 23.1 Å². The molecule has 2 saturated heterocycles. The molecule has 8 nitrogen and oxygen atoms in total. The van der Waals surface area contributed by atoms with Gasteiger partial charge in [-0.15, -0.1) is 0 Å². The molecule has 0 radical (unpaired) electrons. The number of halogens is 3. The number of aromatic amines is 1. The van der Waals surface area contributed by atoms with Crippen molar-refractivity contribution < 1.29 is 18.7 Å². The molecule has 2 aliphatic heterocycles. The molecule has 5 rings (SSSR count). The van der Waals surface area contributed by atoms with Gasteiger partial charge in [-0.2, -0.15) is 15.4 Å². The van der Waals surface area contributed by atoms with E-state index < -0.39 is 23.1 Å². The lowest BCUT2D eigenvalue weighted by Crippen LogP contribution is -2.72. The first-order chi connectivity index (χ1) is 15.4. The summed E-state index contributed by atoms with van der Waals surface area (Å²) < 4.78 is 30.4. The summed E-state index contributed by atoms with van der Waals surface area (Å²) in [6, 6.07) is 5.81. The van der Waals surface area contributed by atoms with Crippen molar-refractivity contribution >= 4 is 50.9 Å². The first kappa shape index (κ1) is 21.5. The normalized spacial score (nSPS) is 20.2. The molecule has 4 N–H and O–H groups in total. The largest absolute Gasteiger partial charge is 0.385 e. The van der Waals surface area contributed by atoms with Crippen LogP contribution < -0.4 is 10.6 Å². The summed E-state index contributed by atoms with van der Waals surface area (Å²) in [7, 11) is 0. The number of rotatable bonds is 4. The number of piperidine rings is 1. The number of fused-ring (bicyclic) bond motifs is 1. The van der Waals surface area contributed by atoms with Gasteiger partial charge in [0, 0.05) is 9.61 Å². The van der Waals surface area contributed by atoms with Crippen molar-refractivity contribution in [1.29, 1.82) is 0 Å². The van der Waals surface area contributed by atoms with Gasteiger partial charge in [0.2, 0.25) is 0 Å². The minimum Gasteiger partial charge on any atom is -0.385 e. The fourth-order valence-electron chi connectivity index (χ4n) is 4.42. The highest BCUT2D eigenvalue weighted by Crippen LogP contribution is 2.35. The Kier molecular flexibility index (Phi) is 5.50. The second-order valence-corrected chi connectivity index (χ2v) is 9.57. The molecule has 11 heteroatoms. The molecule has 3 aromatic rings. The molecule has 0 spiro atoms. The molecule has 168 valence electrons. The van der Waals surface area contributed by atoms with Crippen molar-refractivity contribution in [2.24, 2.45) is 0 Å². The van der Waals surface area contributed by atoms with E-state index >= 15 is 4.39 Å². The minimum absolute atomic E-state index is 0.000466. The Morgan fingerprint density at radius 2 is 2.06 bits per heavy atom. The Bertz CT molecular complexity index is 1190. The standard InChI is InChI=1S/C21H21F2IN6O2/c22-13-7-11(24)4-5-14(13)26-18-12(8-15-19(17(18)23)28-29-27-15)20(31)30-9-21(32,10-30)16-3-1-2-6-25-16/h4-5,7-8,16,25-26,32H,1-3,6,9-10H2,(H,27,28,29)/t16-/m0/s1. The number of nitrogens with zero attached hydrogens (tertiary/aromatic N) is 3. The van der Waals surface area contributed by atoms with Gasteiger partial charge in [-0.3, -0.25) is 4.79 Å². The number of β-amino-alcohol motifs (C(OH)–C–C–N with tert-alkyl or cyclic N) is 1. The maximum absolute atomic E-state index is 15.3. The van der Waals surface area contributed by atoms with E-state index in [1.54, 1.807) is 6.07 Å². The molecule has 1 aromatic heterocycles. The van der Waals surface area contributed by atoms with Gasteiger partial charge in [0.25, 0.3) is 5.91 Å². The van der Waals surface area contributed by atoms with Crippen LogP contribution in [0.25, 0.3) is 11.0 Å². The third kappa shape index (κ3) is 3.71. The van der Waals surface area contributed by atoms with Crippen LogP contribution in [0.15, 0.2) is 24.3 Å². The highest BCUT2D eigenvalue weighted by molar-refractivity contribution is 14.1. The summed E-state index contributed by atoms with van der Waals surface area (Å²) in [6.45, 7) is 1.11. The Balaban J connectivity index is 1.46. The first-order valence-electron chi connectivity index (χ1n) is 10.4. The number of carbonyl (C=O) groups excluding carboxylic acids is 1. The summed E-state index contributed by atoms with van der Waals surface area (Å²) in [5, 5.41) is 27.0. The molecule has 1 amide bonds. The fraction of sp³-hybridized carbons (Fsp3) is 0.381. The zero-order valence-electron chi connectivity index (χ0n) is 17.0. The van der Waals surface area contributed by atoms with Gasteiger partial charge in [-0.25, -0.2) is 8.78 Å². The summed E-state index contributed by atoms with van der Waals surface area (Å²) in [6.07, 6.45) is 2.94. The van der Waals surface area contributed by atoms with Crippen LogP contribution in [0.5, 0.6) is 0 Å². The molecule has 2 aliphatic rings. The van der Waals surface area contributed by atoms with Crippen LogP contribution in [-0.2, 0) is 0 Å². The van der Waals surface area contributed by atoms with Crippen LogP contribution >= 0.6 is 22.6 Å². The predicted octanol–water partition coefficient (Wildman–Crippen LogP) is 2.91. The van der Waals surface area contributed by atoms with Gasteiger partial charge < -0.3 is 20.6 Å². The minimum atomic E-state index is -1.01. The van der Waals surface area contributed by atoms with E-state index in [0.717, 1.165) is 25.8 Å². The summed E-state index contributed by atoms with van der Waals surface area (Å²) in [4.78, 5) is 14.8. The number of benzene rings is 2. The third-order valence-electron chi connectivity index (χ3n) is 6.15. The number of carbonyl (C=O) groups is 1. The van der Waals surface area contributed by atoms with Crippen molar-refractivity contribution in [1.82, 2.24) is 25.6 Å². The number of anilines is 2. The van der Waals surface area contributed by atoms with Crippen LogP contribution in [0.2, 0.25) is 0 Å². The van der Waals surface area contributed by atoms with Gasteiger partial charge >= 0.3 is 0 Å².